The number of anilines is 6. The number of nitrogens with one attached hydrogen (secondary N) is 4. The molecule has 5 amide bonds. The van der Waals surface area contributed by atoms with Crippen molar-refractivity contribution < 1.29 is 51.0 Å². The maximum absolute atomic E-state index is 14.3. The Balaban J connectivity index is 0.000000883. The predicted molar refractivity (Wildman–Crippen MR) is 260 cm³/mol. The number of rotatable bonds is 17. The normalized spacial score (nSPS) is 11.8. The van der Waals surface area contributed by atoms with Gasteiger partial charge in [-0.1, -0.05) is 18.7 Å². The maximum atomic E-state index is 14.3. The first-order valence-corrected chi connectivity index (χ1v) is 22.2. The fourth-order valence-electron chi connectivity index (χ4n) is 7.09. The van der Waals surface area contributed by atoms with Crippen LogP contribution in [0.15, 0.2) is 121 Å². The van der Waals surface area contributed by atoms with E-state index < -0.39 is 53.3 Å². The minimum Gasteiger partial charge on any atom is -0.453 e. The van der Waals surface area contributed by atoms with Crippen LogP contribution in [-0.2, 0) is 30.3 Å². The number of nitrogens with zero attached hydrogens (tertiary/aromatic N) is 4. The van der Waals surface area contributed by atoms with E-state index >= 15 is 0 Å². The molecule has 5 aromatic carbocycles. The molecule has 1 aliphatic heterocycles. The molecule has 1 atom stereocenters. The Morgan fingerprint density at radius 1 is 0.652 bits per heavy atom. The van der Waals surface area contributed by atoms with E-state index in [2.05, 4.69) is 37.3 Å². The highest BCUT2D eigenvalue weighted by Crippen LogP contribution is 2.44. The monoisotopic (exact) mass is 972 g/mol. The highest BCUT2D eigenvalue weighted by molar-refractivity contribution is 8.02. The molecular formula is C49H52F4N8O7S. The van der Waals surface area contributed by atoms with Crippen molar-refractivity contribution >= 4 is 76.2 Å². The second-order valence-electron chi connectivity index (χ2n) is 15.2. The van der Waals surface area contributed by atoms with Crippen LogP contribution in [0.4, 0.5) is 61.3 Å². The summed E-state index contributed by atoms with van der Waals surface area (Å²) in [5, 5.41) is 10.8. The number of carbonyl (C=O) groups excluding carboxylic acids is 5. The third-order valence-electron chi connectivity index (χ3n) is 10.2. The average Bonchev–Trinajstić information content (AvgIpc) is 3.64. The third-order valence-corrected chi connectivity index (χ3v) is 11.3. The number of halogens is 4. The molecule has 69 heavy (non-hydrogen) atoms. The standard InChI is InChI=1S/C42H46F2N8O7S.C7H6F2/c1-6-49(33-16-12-31(13-17-33)46-41(56)58-4)27(3)35(22-28-20-29(43)23-30(44)21-28)48-39(54)26-52-37-11-9-8-10-36(37)51(60-52)25-38(53)45-24-40(55)50(7-2)34-18-14-32(15-19-34)47-42(57)59-5;1-5-2-6(8)4-7(9)3-5/h8-21,23,35H,3,6-7,22,24-26H2,1-2,4-5H3,(H,45,53)(H,46,56)(H,47,57)(H,48,54);2-4H,1H3. The first kappa shape index (κ1) is 52.2. The summed E-state index contributed by atoms with van der Waals surface area (Å²) in [6, 6.07) is 26.5. The highest BCUT2D eigenvalue weighted by Gasteiger charge is 2.31. The molecule has 0 spiro atoms. The molecule has 6 rings (SSSR count). The number of benzene rings is 5. The summed E-state index contributed by atoms with van der Waals surface area (Å²) in [6.45, 7) is 9.79. The van der Waals surface area contributed by atoms with Gasteiger partial charge in [-0.15, -0.1) is 0 Å². The van der Waals surface area contributed by atoms with Gasteiger partial charge in [-0.05, 0) is 123 Å². The molecule has 15 nitrogen and oxygen atoms in total. The first-order chi connectivity index (χ1) is 33.0. The number of fused-ring (bicyclic) bond motifs is 1. The lowest BCUT2D eigenvalue weighted by Gasteiger charge is -2.32. The molecule has 0 bridgehead atoms. The molecule has 20 heteroatoms. The van der Waals surface area contributed by atoms with Crippen LogP contribution in [-0.4, -0.2) is 82.9 Å². The Labute approximate surface area is 401 Å². The van der Waals surface area contributed by atoms with E-state index in [1.807, 2.05) is 24.0 Å². The maximum Gasteiger partial charge on any atom is 0.411 e. The third kappa shape index (κ3) is 15.1. The fourth-order valence-corrected chi connectivity index (χ4v) is 8.16. The molecule has 0 radical (unpaired) electrons. The van der Waals surface area contributed by atoms with Crippen LogP contribution in [0, 0.1) is 30.2 Å². The topological polar surface area (TPSA) is 165 Å². The van der Waals surface area contributed by atoms with E-state index in [0.29, 0.717) is 64.0 Å². The molecule has 5 aromatic rings. The van der Waals surface area contributed by atoms with E-state index in [1.165, 1.54) is 43.4 Å². The van der Waals surface area contributed by atoms with Crippen LogP contribution >= 0.6 is 12.1 Å². The van der Waals surface area contributed by atoms with Crippen molar-refractivity contribution in [1.29, 1.82) is 0 Å². The smallest absolute Gasteiger partial charge is 0.411 e. The van der Waals surface area contributed by atoms with Gasteiger partial charge in [-0.25, -0.2) is 27.2 Å². The van der Waals surface area contributed by atoms with Gasteiger partial charge >= 0.3 is 12.2 Å². The van der Waals surface area contributed by atoms with Crippen molar-refractivity contribution in [1.82, 2.24) is 10.6 Å². The van der Waals surface area contributed by atoms with Crippen molar-refractivity contribution in [3.63, 3.8) is 0 Å². The summed E-state index contributed by atoms with van der Waals surface area (Å²) in [5.74, 6) is -3.77. The van der Waals surface area contributed by atoms with Gasteiger partial charge in [0.15, 0.2) is 0 Å². The van der Waals surface area contributed by atoms with Gasteiger partial charge in [-0.3, -0.25) is 33.6 Å². The van der Waals surface area contributed by atoms with Crippen molar-refractivity contribution in [3.05, 3.63) is 156 Å². The quantitative estimate of drug-likeness (QED) is 0.0521. The van der Waals surface area contributed by atoms with Gasteiger partial charge in [0.2, 0.25) is 17.7 Å². The van der Waals surface area contributed by atoms with Crippen LogP contribution in [0.5, 0.6) is 0 Å². The Bertz CT molecular complexity index is 2560. The van der Waals surface area contributed by atoms with Gasteiger partial charge in [0.05, 0.1) is 50.3 Å². The summed E-state index contributed by atoms with van der Waals surface area (Å²) in [7, 11) is 2.51. The second kappa shape index (κ2) is 24.9. The van der Waals surface area contributed by atoms with Crippen LogP contribution in [0.1, 0.15) is 25.0 Å². The number of likely N-dealkylation sites (N-methyl/N-ethyl adjacent to an activating group) is 2. The Kier molecular flexibility index (Phi) is 18.8. The Morgan fingerprint density at radius 2 is 1.10 bits per heavy atom. The lowest BCUT2D eigenvalue weighted by atomic mass is 10.0. The lowest BCUT2D eigenvalue weighted by Crippen LogP contribution is -2.46. The Hall–Kier alpha value is -7.74. The number of para-hydroxylation sites is 2. The molecule has 1 heterocycles. The fraction of sp³-hybridized carbons (Fsp3) is 0.245. The van der Waals surface area contributed by atoms with E-state index in [9.17, 15) is 41.5 Å². The number of methoxy groups -OCH3 is 2. The zero-order valence-corrected chi connectivity index (χ0v) is 39.3. The van der Waals surface area contributed by atoms with Crippen LogP contribution in [0.3, 0.4) is 0 Å². The molecule has 4 N–H and O–H groups in total. The highest BCUT2D eigenvalue weighted by atomic mass is 32.2. The summed E-state index contributed by atoms with van der Waals surface area (Å²) < 4.78 is 65.7. The molecule has 0 saturated heterocycles. The summed E-state index contributed by atoms with van der Waals surface area (Å²) in [5.41, 5.74) is 4.94. The van der Waals surface area contributed by atoms with Crippen molar-refractivity contribution in [2.75, 3.05) is 76.0 Å². The number of carbonyl (C=O) groups is 5. The Morgan fingerprint density at radius 3 is 1.55 bits per heavy atom. The van der Waals surface area contributed by atoms with E-state index in [4.69, 9.17) is 0 Å². The molecule has 0 aromatic heterocycles. The van der Waals surface area contributed by atoms with Crippen LogP contribution < -0.4 is 39.7 Å². The van der Waals surface area contributed by atoms with Gasteiger partial charge in [0.25, 0.3) is 0 Å². The van der Waals surface area contributed by atoms with Gasteiger partial charge in [-0.2, -0.15) is 0 Å². The predicted octanol–water partition coefficient (Wildman–Crippen LogP) is 8.72. The van der Waals surface area contributed by atoms with E-state index in [-0.39, 0.29) is 32.0 Å². The average molecular weight is 973 g/mol. The number of aryl methyl sites for hydroxylation is 1. The van der Waals surface area contributed by atoms with Gasteiger partial charge < -0.3 is 29.9 Å². The van der Waals surface area contributed by atoms with Crippen LogP contribution in [0.2, 0.25) is 0 Å². The first-order valence-electron chi connectivity index (χ1n) is 21.4. The zero-order valence-electron chi connectivity index (χ0n) is 38.5. The molecule has 0 saturated carbocycles. The number of amides is 5. The molecular weight excluding hydrogens is 921 g/mol. The molecule has 0 aliphatic carbocycles. The lowest BCUT2D eigenvalue weighted by molar-refractivity contribution is -0.124. The molecule has 0 fully saturated rings. The molecule has 1 aliphatic rings. The number of hydrogen-bond acceptors (Lipinski definition) is 11. The zero-order chi connectivity index (χ0) is 50.2. The molecule has 1 unspecified atom stereocenters. The minimum absolute atomic E-state index is 0.0137. The van der Waals surface area contributed by atoms with E-state index in [0.717, 1.165) is 24.3 Å². The number of ether oxygens (including phenoxy) is 2. The number of hydrogen-bond donors (Lipinski definition) is 4. The SMILES string of the molecule is C=C(C(Cc1cc(F)cc(F)c1)NC(=O)CN1SN(CC(=O)NCC(=O)N(CC)c2ccc(NC(=O)OC)cc2)c2ccccc21)N(CC)c1ccc(NC(=O)OC)cc1.Cc1cc(F)cc(F)c1. The summed E-state index contributed by atoms with van der Waals surface area (Å²) >= 11 is 1.14. The summed E-state index contributed by atoms with van der Waals surface area (Å²) in [4.78, 5) is 66.8. The summed E-state index contributed by atoms with van der Waals surface area (Å²) in [6.07, 6.45) is -1.24. The van der Waals surface area contributed by atoms with Crippen molar-refractivity contribution in [3.8, 4) is 0 Å². The van der Waals surface area contributed by atoms with Crippen molar-refractivity contribution in [2.45, 2.75) is 33.2 Å². The van der Waals surface area contributed by atoms with Crippen molar-refractivity contribution in [2.24, 2.45) is 0 Å². The van der Waals surface area contributed by atoms with Gasteiger partial charge in [0, 0.05) is 53.7 Å². The molecule has 364 valence electrons. The minimum atomic E-state index is -0.814. The van der Waals surface area contributed by atoms with E-state index in [1.54, 1.807) is 83.1 Å². The second-order valence-corrected chi connectivity index (χ2v) is 16.2. The largest absolute Gasteiger partial charge is 0.453 e. The van der Waals surface area contributed by atoms with Gasteiger partial charge in [0.1, 0.15) is 36.4 Å². The van der Waals surface area contributed by atoms with Crippen LogP contribution in [0.25, 0.3) is 0 Å².